The number of anilines is 1. The van der Waals surface area contributed by atoms with Crippen LogP contribution in [0.5, 0.6) is 0 Å². The fourth-order valence-electron chi connectivity index (χ4n) is 2.43. The van der Waals surface area contributed by atoms with Gasteiger partial charge in [0.05, 0.1) is 11.5 Å². The number of nitrogens with one attached hydrogen (secondary N) is 1. The smallest absolute Gasteiger partial charge is 0.376 e. The van der Waals surface area contributed by atoms with Gasteiger partial charge in [0, 0.05) is 23.1 Å². The maximum absolute atomic E-state index is 12.5. The Bertz CT molecular complexity index is 991. The number of furan rings is 1. The molecule has 1 amide bonds. The topological polar surface area (TPSA) is 112 Å². The minimum atomic E-state index is -0.692. The van der Waals surface area contributed by atoms with Crippen molar-refractivity contribution in [2.24, 2.45) is 0 Å². The third-order valence-corrected chi connectivity index (χ3v) is 3.64. The second-order valence-corrected chi connectivity index (χ2v) is 5.28. The summed E-state index contributed by atoms with van der Waals surface area (Å²) >= 11 is 0. The van der Waals surface area contributed by atoms with Crippen LogP contribution in [-0.4, -0.2) is 23.4 Å². The highest BCUT2D eigenvalue weighted by atomic mass is 16.6. The molecule has 0 unspecified atom stereocenters. The minimum absolute atomic E-state index is 0.108. The number of esters is 1. The largest absolute Gasteiger partial charge is 0.460 e. The van der Waals surface area contributed by atoms with Crippen LogP contribution < -0.4 is 5.32 Å². The first kappa shape index (κ1) is 17.2. The Labute approximate surface area is 147 Å². The van der Waals surface area contributed by atoms with E-state index in [2.05, 4.69) is 5.32 Å². The number of carbonyl (C=O) groups is 2. The van der Waals surface area contributed by atoms with Crippen LogP contribution in [0.2, 0.25) is 0 Å². The number of benzene rings is 2. The molecule has 3 rings (SSSR count). The highest BCUT2D eigenvalue weighted by molar-refractivity contribution is 6.13. The molecule has 0 aliphatic carbocycles. The standard InChI is InChI=1S/C18H14N2O6/c1-2-25-18(22)16-15(13-5-3-4-6-14(13)26-16)19-17(21)11-7-9-12(10-8-11)20(23)24/h3-10H,2H2,1H3,(H,19,21). The number of hydrogen-bond acceptors (Lipinski definition) is 6. The van der Waals surface area contributed by atoms with E-state index in [9.17, 15) is 19.7 Å². The predicted octanol–water partition coefficient (Wildman–Crippen LogP) is 3.77. The molecule has 0 atom stereocenters. The number of nitrogens with zero attached hydrogens (tertiary/aromatic N) is 1. The van der Waals surface area contributed by atoms with E-state index in [1.165, 1.54) is 24.3 Å². The average molecular weight is 354 g/mol. The van der Waals surface area contributed by atoms with Crippen molar-refractivity contribution >= 4 is 34.2 Å². The molecule has 1 heterocycles. The molecule has 0 spiro atoms. The zero-order chi connectivity index (χ0) is 18.7. The van der Waals surface area contributed by atoms with Gasteiger partial charge in [0.25, 0.3) is 11.6 Å². The van der Waals surface area contributed by atoms with Crippen LogP contribution >= 0.6 is 0 Å². The number of para-hydroxylation sites is 1. The Morgan fingerprint density at radius 1 is 1.15 bits per heavy atom. The summed E-state index contributed by atoms with van der Waals surface area (Å²) in [5.74, 6) is -1.33. The highest BCUT2D eigenvalue weighted by Gasteiger charge is 2.23. The third kappa shape index (κ3) is 3.25. The maximum Gasteiger partial charge on any atom is 0.376 e. The summed E-state index contributed by atoms with van der Waals surface area (Å²) < 4.78 is 10.5. The van der Waals surface area contributed by atoms with Crippen molar-refractivity contribution in [3.05, 3.63) is 70.0 Å². The minimum Gasteiger partial charge on any atom is -0.460 e. The van der Waals surface area contributed by atoms with Crippen LogP contribution in [0.3, 0.4) is 0 Å². The second-order valence-electron chi connectivity index (χ2n) is 5.28. The molecule has 0 aliphatic rings. The molecule has 132 valence electrons. The number of amides is 1. The van der Waals surface area contributed by atoms with Gasteiger partial charge in [-0.15, -0.1) is 0 Å². The molecule has 8 heteroatoms. The first-order valence-electron chi connectivity index (χ1n) is 7.75. The number of nitro groups is 1. The van der Waals surface area contributed by atoms with Gasteiger partial charge in [-0.3, -0.25) is 14.9 Å². The molecule has 1 N–H and O–H groups in total. The van der Waals surface area contributed by atoms with Gasteiger partial charge in [0.1, 0.15) is 11.3 Å². The van der Waals surface area contributed by atoms with Crippen LogP contribution in [0.4, 0.5) is 11.4 Å². The first-order valence-corrected chi connectivity index (χ1v) is 7.75. The van der Waals surface area contributed by atoms with Gasteiger partial charge in [-0.25, -0.2) is 4.79 Å². The van der Waals surface area contributed by atoms with Crippen molar-refractivity contribution in [3.8, 4) is 0 Å². The Kier molecular flexibility index (Phi) is 4.66. The number of ether oxygens (including phenoxy) is 1. The molecular formula is C18H14N2O6. The Morgan fingerprint density at radius 2 is 1.85 bits per heavy atom. The molecule has 0 aliphatic heterocycles. The van der Waals surface area contributed by atoms with E-state index in [1.807, 2.05) is 0 Å². The molecular weight excluding hydrogens is 340 g/mol. The quantitative estimate of drug-likeness (QED) is 0.424. The van der Waals surface area contributed by atoms with Crippen molar-refractivity contribution < 1.29 is 23.7 Å². The molecule has 3 aromatic rings. The summed E-state index contributed by atoms with van der Waals surface area (Å²) in [6, 6.07) is 12.0. The monoisotopic (exact) mass is 354 g/mol. The van der Waals surface area contributed by atoms with Crippen molar-refractivity contribution in [1.82, 2.24) is 0 Å². The predicted molar refractivity (Wildman–Crippen MR) is 93.2 cm³/mol. The fourth-order valence-corrected chi connectivity index (χ4v) is 2.43. The first-order chi connectivity index (χ1) is 12.5. The number of nitro benzene ring substituents is 1. The Morgan fingerprint density at radius 3 is 2.50 bits per heavy atom. The Hall–Kier alpha value is -3.68. The number of carbonyl (C=O) groups excluding carboxylic acids is 2. The van der Waals surface area contributed by atoms with Crippen LogP contribution in [0.15, 0.2) is 52.9 Å². The molecule has 26 heavy (non-hydrogen) atoms. The van der Waals surface area contributed by atoms with Crippen LogP contribution in [0, 0.1) is 10.1 Å². The number of fused-ring (bicyclic) bond motifs is 1. The van der Waals surface area contributed by atoms with Crippen molar-refractivity contribution in [3.63, 3.8) is 0 Å². The maximum atomic E-state index is 12.5. The molecule has 1 aromatic heterocycles. The van der Waals surface area contributed by atoms with E-state index in [0.717, 1.165) is 0 Å². The van der Waals surface area contributed by atoms with Crippen LogP contribution in [0.25, 0.3) is 11.0 Å². The van der Waals surface area contributed by atoms with E-state index < -0.39 is 16.8 Å². The molecule has 0 saturated carbocycles. The number of non-ortho nitro benzene ring substituents is 1. The van der Waals surface area contributed by atoms with Gasteiger partial charge in [0.15, 0.2) is 0 Å². The summed E-state index contributed by atoms with van der Waals surface area (Å²) in [5, 5.41) is 13.9. The lowest BCUT2D eigenvalue weighted by atomic mass is 10.1. The molecule has 0 radical (unpaired) electrons. The van der Waals surface area contributed by atoms with Gasteiger partial charge in [0.2, 0.25) is 5.76 Å². The van der Waals surface area contributed by atoms with E-state index in [1.54, 1.807) is 31.2 Å². The third-order valence-electron chi connectivity index (χ3n) is 3.64. The van der Waals surface area contributed by atoms with Crippen LogP contribution in [-0.2, 0) is 4.74 Å². The average Bonchev–Trinajstić information content (AvgIpc) is 3.01. The number of hydrogen-bond donors (Lipinski definition) is 1. The molecule has 2 aromatic carbocycles. The molecule has 8 nitrogen and oxygen atoms in total. The summed E-state index contributed by atoms with van der Waals surface area (Å²) in [6.45, 7) is 1.82. The van der Waals surface area contributed by atoms with Crippen molar-refractivity contribution in [2.75, 3.05) is 11.9 Å². The van der Waals surface area contributed by atoms with Gasteiger partial charge in [-0.2, -0.15) is 0 Å². The normalized spacial score (nSPS) is 10.5. The van der Waals surface area contributed by atoms with Crippen LogP contribution in [0.1, 0.15) is 27.8 Å². The lowest BCUT2D eigenvalue weighted by molar-refractivity contribution is -0.384. The van der Waals surface area contributed by atoms with Crippen molar-refractivity contribution in [2.45, 2.75) is 6.92 Å². The zero-order valence-electron chi connectivity index (χ0n) is 13.7. The summed E-state index contributed by atoms with van der Waals surface area (Å²) in [5.41, 5.74) is 0.704. The zero-order valence-corrected chi connectivity index (χ0v) is 13.7. The van der Waals surface area contributed by atoms with E-state index in [0.29, 0.717) is 11.0 Å². The summed E-state index contributed by atoms with van der Waals surface area (Å²) in [4.78, 5) is 34.8. The summed E-state index contributed by atoms with van der Waals surface area (Å²) in [7, 11) is 0. The SMILES string of the molecule is CCOC(=O)c1oc2ccccc2c1NC(=O)c1ccc([N+](=O)[O-])cc1. The fraction of sp³-hybridized carbons (Fsp3) is 0.111. The van der Waals surface area contributed by atoms with E-state index in [-0.39, 0.29) is 29.3 Å². The van der Waals surface area contributed by atoms with Gasteiger partial charge in [-0.1, -0.05) is 12.1 Å². The molecule has 0 bridgehead atoms. The van der Waals surface area contributed by atoms with Crippen molar-refractivity contribution in [1.29, 1.82) is 0 Å². The molecule has 0 saturated heterocycles. The second kappa shape index (κ2) is 7.06. The van der Waals surface area contributed by atoms with Gasteiger partial charge >= 0.3 is 5.97 Å². The Balaban J connectivity index is 1.96. The van der Waals surface area contributed by atoms with Gasteiger partial charge in [-0.05, 0) is 31.2 Å². The van der Waals surface area contributed by atoms with Gasteiger partial charge < -0.3 is 14.5 Å². The lowest BCUT2D eigenvalue weighted by Crippen LogP contribution is -2.15. The summed E-state index contributed by atoms with van der Waals surface area (Å²) in [6.07, 6.45) is 0. The lowest BCUT2D eigenvalue weighted by Gasteiger charge is -2.06. The highest BCUT2D eigenvalue weighted by Crippen LogP contribution is 2.32. The van der Waals surface area contributed by atoms with E-state index in [4.69, 9.17) is 9.15 Å². The van der Waals surface area contributed by atoms with E-state index >= 15 is 0 Å². The number of rotatable bonds is 5. The molecule has 0 fully saturated rings.